The zero-order valence-corrected chi connectivity index (χ0v) is 23.6. The summed E-state index contributed by atoms with van der Waals surface area (Å²) in [5.74, 6) is -0.398. The van der Waals surface area contributed by atoms with Gasteiger partial charge in [-0.3, -0.25) is 9.59 Å². The SMILES string of the molecule is CC1=NN(c2ccccc2)C(=O)[C@H]1C=Nc1sc2c(c1C(=O)Nc1ccc(Cl)cc1)CC[C@@H](C(C)(C)C)C2. The van der Waals surface area contributed by atoms with Crippen LogP contribution in [0, 0.1) is 17.3 Å². The predicted octanol–water partition coefficient (Wildman–Crippen LogP) is 7.55. The second kappa shape index (κ2) is 10.5. The van der Waals surface area contributed by atoms with Gasteiger partial charge in [0.15, 0.2) is 0 Å². The minimum absolute atomic E-state index is 0.154. The van der Waals surface area contributed by atoms with E-state index in [2.05, 4.69) is 31.2 Å². The third-order valence-electron chi connectivity index (χ3n) is 7.32. The number of thiophene rings is 1. The zero-order chi connectivity index (χ0) is 27.0. The molecule has 0 saturated heterocycles. The number of amides is 2. The highest BCUT2D eigenvalue weighted by atomic mass is 35.5. The summed E-state index contributed by atoms with van der Waals surface area (Å²) in [6.45, 7) is 8.65. The molecule has 3 aromatic rings. The fraction of sp³-hybridized carbons (Fsp3) is 0.333. The Labute approximate surface area is 232 Å². The third kappa shape index (κ3) is 5.31. The number of anilines is 2. The number of aliphatic imine (C=N–C) groups is 1. The molecule has 0 saturated carbocycles. The number of rotatable bonds is 5. The topological polar surface area (TPSA) is 74.1 Å². The fourth-order valence-corrected chi connectivity index (χ4v) is 6.41. The lowest BCUT2D eigenvalue weighted by molar-refractivity contribution is -0.118. The highest BCUT2D eigenvalue weighted by molar-refractivity contribution is 7.16. The summed E-state index contributed by atoms with van der Waals surface area (Å²) in [7, 11) is 0. The molecule has 2 amide bonds. The normalized spacial score (nSPS) is 19.6. The van der Waals surface area contributed by atoms with Crippen LogP contribution in [0.3, 0.4) is 0 Å². The number of carbonyl (C=O) groups is 2. The lowest BCUT2D eigenvalue weighted by atomic mass is 9.72. The largest absolute Gasteiger partial charge is 0.322 e. The van der Waals surface area contributed by atoms with E-state index < -0.39 is 5.92 Å². The Morgan fingerprint density at radius 2 is 1.87 bits per heavy atom. The Morgan fingerprint density at radius 3 is 2.55 bits per heavy atom. The second-order valence-corrected chi connectivity index (χ2v) is 12.5. The lowest BCUT2D eigenvalue weighted by Crippen LogP contribution is -2.27. The van der Waals surface area contributed by atoms with Crippen molar-refractivity contribution >= 4 is 63.1 Å². The molecule has 0 fully saturated rings. The van der Waals surface area contributed by atoms with Crippen LogP contribution in [0.1, 0.15) is 54.9 Å². The van der Waals surface area contributed by atoms with Gasteiger partial charge in [0.05, 0.1) is 17.0 Å². The van der Waals surface area contributed by atoms with Gasteiger partial charge < -0.3 is 5.32 Å². The molecule has 0 radical (unpaired) electrons. The van der Waals surface area contributed by atoms with Gasteiger partial charge in [-0.25, -0.2) is 4.99 Å². The second-order valence-electron chi connectivity index (χ2n) is 10.9. The molecule has 2 atom stereocenters. The quantitative estimate of drug-likeness (QED) is 0.335. The Balaban J connectivity index is 1.46. The van der Waals surface area contributed by atoms with Gasteiger partial charge in [-0.05, 0) is 79.5 Å². The van der Waals surface area contributed by atoms with E-state index in [1.807, 2.05) is 37.3 Å². The average molecular weight is 547 g/mol. The van der Waals surface area contributed by atoms with Crippen molar-refractivity contribution in [2.24, 2.45) is 27.3 Å². The Kier molecular flexibility index (Phi) is 7.25. The van der Waals surface area contributed by atoms with Crippen LogP contribution in [0.25, 0.3) is 0 Å². The summed E-state index contributed by atoms with van der Waals surface area (Å²) in [6, 6.07) is 16.4. The van der Waals surface area contributed by atoms with Crippen molar-refractivity contribution in [2.75, 3.05) is 10.3 Å². The van der Waals surface area contributed by atoms with Crippen molar-refractivity contribution in [3.8, 4) is 0 Å². The molecule has 2 aromatic carbocycles. The summed E-state index contributed by atoms with van der Waals surface area (Å²) in [6.07, 6.45) is 4.42. The van der Waals surface area contributed by atoms with Gasteiger partial charge in [0, 0.05) is 21.8 Å². The Hall–Kier alpha value is -3.29. The van der Waals surface area contributed by atoms with E-state index in [1.165, 1.54) is 9.89 Å². The number of nitrogens with zero attached hydrogens (tertiary/aromatic N) is 3. The molecular formula is C30H31ClN4O2S. The Bertz CT molecular complexity index is 1420. The van der Waals surface area contributed by atoms with Gasteiger partial charge in [-0.1, -0.05) is 50.6 Å². The molecule has 1 aromatic heterocycles. The van der Waals surface area contributed by atoms with Crippen molar-refractivity contribution in [1.82, 2.24) is 0 Å². The van der Waals surface area contributed by atoms with Crippen LogP contribution < -0.4 is 10.3 Å². The molecule has 1 aliphatic carbocycles. The first-order chi connectivity index (χ1) is 18.1. The summed E-state index contributed by atoms with van der Waals surface area (Å²) in [5, 5.41) is 10.2. The molecule has 1 N–H and O–H groups in total. The van der Waals surface area contributed by atoms with Crippen LogP contribution >= 0.6 is 22.9 Å². The summed E-state index contributed by atoms with van der Waals surface area (Å²) in [5.41, 5.74) is 3.91. The van der Waals surface area contributed by atoms with Crippen LogP contribution in [0.15, 0.2) is 64.7 Å². The van der Waals surface area contributed by atoms with Crippen molar-refractivity contribution in [3.05, 3.63) is 75.6 Å². The number of halogens is 1. The predicted molar refractivity (Wildman–Crippen MR) is 157 cm³/mol. The Morgan fingerprint density at radius 1 is 1.16 bits per heavy atom. The van der Waals surface area contributed by atoms with Gasteiger partial charge in [-0.2, -0.15) is 10.1 Å². The molecule has 2 aliphatic rings. The number of hydrazone groups is 1. The number of nitrogens with one attached hydrogen (secondary N) is 1. The van der Waals surface area contributed by atoms with Gasteiger partial charge in [-0.15, -0.1) is 11.3 Å². The molecule has 0 bridgehead atoms. The van der Waals surface area contributed by atoms with Crippen LogP contribution in [0.4, 0.5) is 16.4 Å². The molecule has 8 heteroatoms. The number of fused-ring (bicyclic) bond motifs is 1. The summed E-state index contributed by atoms with van der Waals surface area (Å²) >= 11 is 7.59. The number of carbonyl (C=O) groups excluding carboxylic acids is 2. The average Bonchev–Trinajstić information content (AvgIpc) is 3.39. The minimum atomic E-state index is -0.580. The number of hydrogen-bond donors (Lipinski definition) is 1. The summed E-state index contributed by atoms with van der Waals surface area (Å²) in [4.78, 5) is 32.8. The lowest BCUT2D eigenvalue weighted by Gasteiger charge is -2.33. The number of para-hydroxylation sites is 1. The highest BCUT2D eigenvalue weighted by Gasteiger charge is 2.35. The first-order valence-corrected chi connectivity index (χ1v) is 14.0. The molecule has 5 rings (SSSR count). The van der Waals surface area contributed by atoms with E-state index in [9.17, 15) is 9.59 Å². The molecule has 0 spiro atoms. The summed E-state index contributed by atoms with van der Waals surface area (Å²) < 4.78 is 0. The molecule has 6 nitrogen and oxygen atoms in total. The van der Waals surface area contributed by atoms with E-state index >= 15 is 0 Å². The molecule has 38 heavy (non-hydrogen) atoms. The van der Waals surface area contributed by atoms with Crippen molar-refractivity contribution in [1.29, 1.82) is 0 Å². The minimum Gasteiger partial charge on any atom is -0.322 e. The van der Waals surface area contributed by atoms with Crippen LogP contribution in [0.5, 0.6) is 0 Å². The van der Waals surface area contributed by atoms with Crippen molar-refractivity contribution in [2.45, 2.75) is 47.0 Å². The maximum Gasteiger partial charge on any atom is 0.261 e. The van der Waals surface area contributed by atoms with E-state index in [4.69, 9.17) is 16.6 Å². The number of hydrogen-bond acceptors (Lipinski definition) is 5. The standard InChI is InChI=1S/C30H31ClN4O2S/c1-18-24(29(37)35(34-18)22-8-6-5-7-9-22)17-32-28-26(27(36)33-21-13-11-20(31)12-14-21)23-15-10-19(30(2,3)4)16-25(23)38-28/h5-9,11-14,17,19,24H,10,15-16H2,1-4H3,(H,33,36)/t19-,24+/m1/s1. The fourth-order valence-electron chi connectivity index (χ4n) is 5.01. The van der Waals surface area contributed by atoms with Gasteiger partial charge in [0.1, 0.15) is 10.9 Å². The van der Waals surface area contributed by atoms with Crippen LogP contribution in [-0.4, -0.2) is 23.7 Å². The molecule has 196 valence electrons. The van der Waals surface area contributed by atoms with E-state index in [0.29, 0.717) is 32.9 Å². The van der Waals surface area contributed by atoms with Crippen LogP contribution in [0.2, 0.25) is 5.02 Å². The maximum atomic E-state index is 13.6. The van der Waals surface area contributed by atoms with E-state index in [1.54, 1.807) is 41.8 Å². The molecule has 0 unspecified atom stereocenters. The van der Waals surface area contributed by atoms with E-state index in [-0.39, 0.29) is 17.2 Å². The third-order valence-corrected chi connectivity index (χ3v) is 8.74. The van der Waals surface area contributed by atoms with E-state index in [0.717, 1.165) is 30.5 Å². The highest BCUT2D eigenvalue weighted by Crippen LogP contribution is 2.45. The maximum absolute atomic E-state index is 13.6. The smallest absolute Gasteiger partial charge is 0.261 e. The zero-order valence-electron chi connectivity index (χ0n) is 22.0. The monoisotopic (exact) mass is 546 g/mol. The molecular weight excluding hydrogens is 516 g/mol. The van der Waals surface area contributed by atoms with Crippen LogP contribution in [-0.2, 0) is 17.6 Å². The van der Waals surface area contributed by atoms with Crippen molar-refractivity contribution in [3.63, 3.8) is 0 Å². The van der Waals surface area contributed by atoms with Gasteiger partial charge in [0.25, 0.3) is 11.8 Å². The van der Waals surface area contributed by atoms with Gasteiger partial charge >= 0.3 is 0 Å². The van der Waals surface area contributed by atoms with Crippen molar-refractivity contribution < 1.29 is 9.59 Å². The first-order valence-electron chi connectivity index (χ1n) is 12.8. The molecule has 2 heterocycles. The first kappa shape index (κ1) is 26.3. The van der Waals surface area contributed by atoms with Gasteiger partial charge in [0.2, 0.25) is 0 Å². The molecule has 1 aliphatic heterocycles. The number of benzene rings is 2.